The number of aromatic nitrogens is 1. The van der Waals surface area contributed by atoms with E-state index < -0.39 is 0 Å². The fraction of sp³-hybridized carbons (Fsp3) is 0. The smallest absolute Gasteiger partial charge is 0.248 e. The van der Waals surface area contributed by atoms with Crippen LogP contribution in [0.2, 0.25) is 0 Å². The van der Waals surface area contributed by atoms with Gasteiger partial charge in [-0.05, 0) is 45.3 Å². The zero-order valence-electron chi connectivity index (χ0n) is 17.4. The third-order valence-corrected chi connectivity index (χ3v) is 7.41. The van der Waals surface area contributed by atoms with Crippen molar-refractivity contribution in [3.8, 4) is 27.9 Å². The van der Waals surface area contributed by atoms with Crippen LogP contribution in [0.15, 0.2) is 109 Å². The normalized spacial score (nSPS) is 12.9. The van der Waals surface area contributed by atoms with Crippen molar-refractivity contribution in [3.05, 3.63) is 109 Å². The summed E-state index contributed by atoms with van der Waals surface area (Å²) in [6.07, 6.45) is 0. The van der Waals surface area contributed by atoms with Crippen molar-refractivity contribution in [2.75, 3.05) is 0 Å². The van der Waals surface area contributed by atoms with Crippen molar-refractivity contribution in [2.24, 2.45) is 0 Å². The van der Waals surface area contributed by atoms with E-state index in [0.29, 0.717) is 0 Å². The molecule has 0 atom stereocenters. The predicted molar refractivity (Wildman–Crippen MR) is 136 cm³/mol. The Kier molecular flexibility index (Phi) is 3.02. The molecule has 146 valence electrons. The lowest BCUT2D eigenvalue weighted by Crippen LogP contribution is -2.53. The summed E-state index contributed by atoms with van der Waals surface area (Å²) in [5, 5.41) is 2.68. The first kappa shape index (κ1) is 16.6. The molecule has 0 saturated heterocycles. The highest BCUT2D eigenvalue weighted by atomic mass is 15.0. The van der Waals surface area contributed by atoms with Gasteiger partial charge in [0.05, 0.1) is 5.52 Å². The van der Waals surface area contributed by atoms with Crippen LogP contribution in [0.3, 0.4) is 0 Å². The van der Waals surface area contributed by atoms with Gasteiger partial charge >= 0.3 is 0 Å². The summed E-state index contributed by atoms with van der Waals surface area (Å²) < 4.78 is 2.50. The van der Waals surface area contributed by atoms with Gasteiger partial charge in [0, 0.05) is 22.0 Å². The van der Waals surface area contributed by atoms with Crippen LogP contribution in [0.25, 0.3) is 49.7 Å². The first-order valence-electron chi connectivity index (χ1n) is 11.3. The van der Waals surface area contributed by atoms with Gasteiger partial charge in [-0.15, -0.1) is 0 Å². The van der Waals surface area contributed by atoms with E-state index in [1.165, 1.54) is 66.1 Å². The first-order chi connectivity index (χ1) is 15.9. The maximum absolute atomic E-state index is 2.50. The fourth-order valence-corrected chi connectivity index (χ4v) is 6.25. The van der Waals surface area contributed by atoms with Crippen LogP contribution < -0.4 is 16.4 Å². The van der Waals surface area contributed by atoms with E-state index >= 15 is 0 Å². The number of benzene rings is 5. The summed E-state index contributed by atoms with van der Waals surface area (Å²) >= 11 is 0. The van der Waals surface area contributed by atoms with Gasteiger partial charge in [0.1, 0.15) is 0 Å². The van der Waals surface area contributed by atoms with Crippen molar-refractivity contribution in [3.63, 3.8) is 0 Å². The SMILES string of the molecule is c1ccc(-c2cccc3c2-c2cccc4c2B3c2cccc3c5ccccc5n-4c23)cc1. The van der Waals surface area contributed by atoms with Gasteiger partial charge in [0.2, 0.25) is 6.71 Å². The van der Waals surface area contributed by atoms with Crippen LogP contribution >= 0.6 is 0 Å². The Morgan fingerprint density at radius 2 is 1.25 bits per heavy atom. The maximum atomic E-state index is 2.50. The van der Waals surface area contributed by atoms with E-state index in [1.54, 1.807) is 0 Å². The second kappa shape index (κ2) is 5.80. The third-order valence-electron chi connectivity index (χ3n) is 7.41. The van der Waals surface area contributed by atoms with E-state index in [9.17, 15) is 0 Å². The molecule has 5 aromatic carbocycles. The lowest BCUT2D eigenvalue weighted by Gasteiger charge is -2.24. The van der Waals surface area contributed by atoms with Gasteiger partial charge in [-0.25, -0.2) is 0 Å². The largest absolute Gasteiger partial charge is 0.310 e. The molecule has 0 amide bonds. The minimum absolute atomic E-state index is 0.278. The number of para-hydroxylation sites is 2. The zero-order valence-corrected chi connectivity index (χ0v) is 17.4. The highest BCUT2D eigenvalue weighted by Gasteiger charge is 2.41. The molecular formula is C30H18BN. The van der Waals surface area contributed by atoms with Crippen molar-refractivity contribution >= 4 is 44.9 Å². The highest BCUT2D eigenvalue weighted by molar-refractivity contribution is 7.01. The molecule has 0 aliphatic carbocycles. The molecule has 0 N–H and O–H groups in total. The van der Waals surface area contributed by atoms with Crippen LogP contribution in [-0.4, -0.2) is 11.3 Å². The molecule has 2 aliphatic rings. The Bertz CT molecular complexity index is 1730. The molecule has 0 unspecified atom stereocenters. The lowest BCUT2D eigenvalue weighted by molar-refractivity contribution is 1.19. The van der Waals surface area contributed by atoms with E-state index in [0.717, 1.165) is 0 Å². The summed E-state index contributed by atoms with van der Waals surface area (Å²) in [6, 6.07) is 40.2. The third kappa shape index (κ3) is 1.87. The second-order valence-corrected chi connectivity index (χ2v) is 8.90. The molecule has 1 nitrogen and oxygen atoms in total. The van der Waals surface area contributed by atoms with Gasteiger partial charge in [-0.2, -0.15) is 0 Å². The second-order valence-electron chi connectivity index (χ2n) is 8.90. The molecule has 32 heavy (non-hydrogen) atoms. The van der Waals surface area contributed by atoms with E-state index in [-0.39, 0.29) is 6.71 Å². The van der Waals surface area contributed by atoms with Crippen molar-refractivity contribution in [2.45, 2.75) is 0 Å². The van der Waals surface area contributed by atoms with Gasteiger partial charge < -0.3 is 4.57 Å². The van der Waals surface area contributed by atoms with Gasteiger partial charge in [-0.1, -0.05) is 103 Å². The minimum atomic E-state index is 0.278. The first-order valence-corrected chi connectivity index (χ1v) is 11.3. The average molecular weight is 403 g/mol. The topological polar surface area (TPSA) is 4.93 Å². The summed E-state index contributed by atoms with van der Waals surface area (Å²) in [4.78, 5) is 0. The number of nitrogens with zero attached hydrogens (tertiary/aromatic N) is 1. The predicted octanol–water partition coefficient (Wildman–Crippen LogP) is 5.26. The molecule has 0 bridgehead atoms. The number of hydrogen-bond acceptors (Lipinski definition) is 0. The molecule has 8 rings (SSSR count). The molecule has 2 heteroatoms. The Morgan fingerprint density at radius 1 is 0.531 bits per heavy atom. The van der Waals surface area contributed by atoms with Crippen molar-refractivity contribution in [1.29, 1.82) is 0 Å². The van der Waals surface area contributed by atoms with Crippen LogP contribution in [-0.2, 0) is 0 Å². The van der Waals surface area contributed by atoms with Crippen LogP contribution in [0, 0.1) is 0 Å². The maximum Gasteiger partial charge on any atom is 0.248 e. The number of rotatable bonds is 1. The Hall–Kier alpha value is -4.04. The summed E-state index contributed by atoms with van der Waals surface area (Å²) in [5.41, 5.74) is 13.7. The van der Waals surface area contributed by atoms with E-state index in [1.807, 2.05) is 0 Å². The summed E-state index contributed by atoms with van der Waals surface area (Å²) in [6.45, 7) is 0.278. The number of fused-ring (bicyclic) bond motifs is 8. The molecule has 0 saturated carbocycles. The number of hydrogen-bond donors (Lipinski definition) is 0. The van der Waals surface area contributed by atoms with E-state index in [4.69, 9.17) is 0 Å². The van der Waals surface area contributed by atoms with Crippen LogP contribution in [0.5, 0.6) is 0 Å². The quantitative estimate of drug-likeness (QED) is 0.330. The molecule has 0 radical (unpaired) electrons. The molecule has 0 spiro atoms. The lowest BCUT2D eigenvalue weighted by atomic mass is 9.37. The molecule has 3 heterocycles. The highest BCUT2D eigenvalue weighted by Crippen LogP contribution is 2.39. The molecule has 0 fully saturated rings. The van der Waals surface area contributed by atoms with Crippen molar-refractivity contribution in [1.82, 2.24) is 4.57 Å². The molecule has 6 aromatic rings. The fourth-order valence-electron chi connectivity index (χ4n) is 6.25. The summed E-state index contributed by atoms with van der Waals surface area (Å²) in [7, 11) is 0. The van der Waals surface area contributed by atoms with Gasteiger partial charge in [0.15, 0.2) is 0 Å². The van der Waals surface area contributed by atoms with Crippen LogP contribution in [0.1, 0.15) is 0 Å². The Labute approximate surface area is 186 Å². The van der Waals surface area contributed by atoms with Crippen LogP contribution in [0.4, 0.5) is 0 Å². The average Bonchev–Trinajstić information content (AvgIpc) is 3.38. The zero-order chi connectivity index (χ0) is 20.8. The van der Waals surface area contributed by atoms with Gasteiger partial charge in [0.25, 0.3) is 0 Å². The Balaban J connectivity index is 1.56. The Morgan fingerprint density at radius 3 is 2.19 bits per heavy atom. The van der Waals surface area contributed by atoms with Crippen molar-refractivity contribution < 1.29 is 0 Å². The monoisotopic (exact) mass is 403 g/mol. The molecular weight excluding hydrogens is 385 g/mol. The molecule has 1 aromatic heterocycles. The van der Waals surface area contributed by atoms with Gasteiger partial charge in [-0.3, -0.25) is 0 Å². The minimum Gasteiger partial charge on any atom is -0.310 e. The standard InChI is InChI=1S/C30H18BN/c1-2-9-19(10-3-1)20-12-6-15-24-28(20)23-14-8-18-27-29(23)31(24)25-16-7-13-22-21-11-4-5-17-26(21)32(27)30(22)25/h1-18H. The molecule has 2 aliphatic heterocycles. The van der Waals surface area contributed by atoms with E-state index in [2.05, 4.69) is 114 Å². The summed E-state index contributed by atoms with van der Waals surface area (Å²) in [5.74, 6) is 0.